The minimum absolute atomic E-state index is 0.230. The molecular weight excluding hydrogens is 295 g/mol. The molecule has 0 aliphatic heterocycles. The second kappa shape index (κ2) is 5.95. The Kier molecular flexibility index (Phi) is 4.88. The van der Waals surface area contributed by atoms with Crippen LogP contribution in [0.25, 0.3) is 11.0 Å². The molecule has 0 spiro atoms. The number of aryl methyl sites for hydroxylation is 1. The van der Waals surface area contributed by atoms with Crippen LogP contribution in [0.4, 0.5) is 0 Å². The Morgan fingerprint density at radius 2 is 1.80 bits per heavy atom. The van der Waals surface area contributed by atoms with Gasteiger partial charge in [-0.05, 0) is 18.6 Å². The van der Waals surface area contributed by atoms with Crippen molar-refractivity contribution in [3.05, 3.63) is 46.3 Å². The van der Waals surface area contributed by atoms with Crippen molar-refractivity contribution in [3.63, 3.8) is 0 Å². The number of rotatable bonds is 0. The minimum atomic E-state index is -0.286. The Balaban J connectivity index is 0.000000337. The molecule has 0 saturated heterocycles. The van der Waals surface area contributed by atoms with Gasteiger partial charge in [-0.3, -0.25) is 0 Å². The van der Waals surface area contributed by atoms with Gasteiger partial charge in [0.25, 0.3) is 0 Å². The summed E-state index contributed by atoms with van der Waals surface area (Å²) in [7, 11) is 0. The fraction of sp³-hybridized carbons (Fsp3) is 0.250. The monoisotopic (exact) mass is 310 g/mol. The molecule has 1 aromatic heterocycles. The first kappa shape index (κ1) is 12.3. The van der Waals surface area contributed by atoms with Gasteiger partial charge >= 0.3 is 36.6 Å². The molecule has 15 heavy (non-hydrogen) atoms. The molecule has 0 saturated carbocycles. The second-order valence-corrected chi connectivity index (χ2v) is 6.10. The summed E-state index contributed by atoms with van der Waals surface area (Å²) >= 11 is 0.230. The standard InChI is InChI=1S/C10H8O2.2CH3.Sn/c1-7-6-10(11)12-9-5-3-2-4-8(7)9;;;/h2-6H,1H3;2*1H3;. The maximum atomic E-state index is 10.9. The number of benzene rings is 1. The first-order valence-corrected chi connectivity index (χ1v) is 10.5. The quantitative estimate of drug-likeness (QED) is 0.553. The average molecular weight is 309 g/mol. The molecule has 2 nitrogen and oxygen atoms in total. The molecule has 2 aromatic rings. The summed E-state index contributed by atoms with van der Waals surface area (Å²) in [5, 5.41) is 0.997. The molecule has 0 fully saturated rings. The molecule has 0 N–H and O–H groups in total. The third-order valence-corrected chi connectivity index (χ3v) is 1.86. The molecule has 78 valence electrons. The van der Waals surface area contributed by atoms with E-state index in [4.69, 9.17) is 4.42 Å². The van der Waals surface area contributed by atoms with Crippen LogP contribution in [-0.4, -0.2) is 21.1 Å². The predicted molar refractivity (Wildman–Crippen MR) is 64.7 cm³/mol. The van der Waals surface area contributed by atoms with E-state index in [1.807, 2.05) is 25.1 Å². The molecule has 2 rings (SSSR count). The topological polar surface area (TPSA) is 30.2 Å². The van der Waals surface area contributed by atoms with Crippen molar-refractivity contribution in [1.29, 1.82) is 0 Å². The molecule has 0 unspecified atom stereocenters. The molecule has 0 bridgehead atoms. The third-order valence-electron chi connectivity index (χ3n) is 1.86. The average Bonchev–Trinajstić information content (AvgIpc) is 2.18. The first-order chi connectivity index (χ1) is 7.19. The Bertz CT molecular complexity index is 488. The zero-order valence-corrected chi connectivity index (χ0v) is 12.1. The normalized spacial score (nSPS) is 9.53. The summed E-state index contributed by atoms with van der Waals surface area (Å²) < 4.78 is 4.99. The molecule has 0 aliphatic rings. The SMILES string of the molecule is Cc1cc(=O)oc2ccccc12.[CH3][Sn][CH3]. The van der Waals surface area contributed by atoms with Gasteiger partial charge in [0, 0.05) is 11.5 Å². The van der Waals surface area contributed by atoms with Crippen LogP contribution in [0, 0.1) is 6.92 Å². The van der Waals surface area contributed by atoms with Gasteiger partial charge in [0.1, 0.15) is 5.58 Å². The Labute approximate surface area is 99.5 Å². The fourth-order valence-corrected chi connectivity index (χ4v) is 1.27. The van der Waals surface area contributed by atoms with E-state index in [1.54, 1.807) is 6.07 Å². The van der Waals surface area contributed by atoms with Gasteiger partial charge in [-0.25, -0.2) is 4.79 Å². The molecule has 1 aromatic carbocycles. The summed E-state index contributed by atoms with van der Waals surface area (Å²) in [5.41, 5.74) is 1.33. The molecule has 0 amide bonds. The van der Waals surface area contributed by atoms with E-state index in [0.29, 0.717) is 5.58 Å². The van der Waals surface area contributed by atoms with Crippen LogP contribution in [0.15, 0.2) is 39.5 Å². The molecule has 0 aliphatic carbocycles. The summed E-state index contributed by atoms with van der Waals surface area (Å²) in [4.78, 5) is 15.5. The van der Waals surface area contributed by atoms with Crippen molar-refractivity contribution in [1.82, 2.24) is 0 Å². The van der Waals surface area contributed by atoms with E-state index in [-0.39, 0.29) is 26.8 Å². The van der Waals surface area contributed by atoms with Crippen molar-refractivity contribution in [2.24, 2.45) is 0 Å². The number of para-hydroxylation sites is 1. The van der Waals surface area contributed by atoms with Crippen molar-refractivity contribution in [2.75, 3.05) is 0 Å². The Hall–Kier alpha value is -0.771. The van der Waals surface area contributed by atoms with Crippen molar-refractivity contribution in [2.45, 2.75) is 16.8 Å². The zero-order valence-electron chi connectivity index (χ0n) is 9.20. The fourth-order valence-electron chi connectivity index (χ4n) is 1.27. The van der Waals surface area contributed by atoms with Gasteiger partial charge < -0.3 is 4.42 Å². The van der Waals surface area contributed by atoms with Crippen LogP contribution in [0.5, 0.6) is 0 Å². The van der Waals surface area contributed by atoms with Crippen LogP contribution < -0.4 is 5.63 Å². The van der Waals surface area contributed by atoms with E-state index < -0.39 is 0 Å². The summed E-state index contributed by atoms with van der Waals surface area (Å²) in [6.45, 7) is 1.90. The van der Waals surface area contributed by atoms with Gasteiger partial charge in [0.05, 0.1) is 0 Å². The van der Waals surface area contributed by atoms with E-state index in [2.05, 4.69) is 9.88 Å². The van der Waals surface area contributed by atoms with Crippen molar-refractivity contribution >= 4 is 32.1 Å². The second-order valence-electron chi connectivity index (χ2n) is 3.24. The molecule has 2 radical (unpaired) electrons. The van der Waals surface area contributed by atoms with Crippen molar-refractivity contribution in [3.8, 4) is 0 Å². The number of hydrogen-bond acceptors (Lipinski definition) is 2. The predicted octanol–water partition coefficient (Wildman–Crippen LogP) is 2.89. The van der Waals surface area contributed by atoms with Crippen LogP contribution in [0.1, 0.15) is 5.56 Å². The summed E-state index contributed by atoms with van der Waals surface area (Å²) in [6, 6.07) is 9.01. The van der Waals surface area contributed by atoms with Gasteiger partial charge in [0.2, 0.25) is 0 Å². The molecule has 3 heteroatoms. The van der Waals surface area contributed by atoms with E-state index in [0.717, 1.165) is 10.9 Å². The Morgan fingerprint density at radius 1 is 1.20 bits per heavy atom. The van der Waals surface area contributed by atoms with Gasteiger partial charge in [-0.1, -0.05) is 18.2 Å². The number of fused-ring (bicyclic) bond motifs is 1. The zero-order chi connectivity index (χ0) is 11.3. The van der Waals surface area contributed by atoms with Crippen LogP contribution in [0.2, 0.25) is 9.88 Å². The van der Waals surface area contributed by atoms with Gasteiger partial charge in [-0.15, -0.1) is 0 Å². The van der Waals surface area contributed by atoms with E-state index in [1.165, 1.54) is 6.07 Å². The molecular formula is C12H14O2Sn. The van der Waals surface area contributed by atoms with Crippen LogP contribution >= 0.6 is 0 Å². The summed E-state index contributed by atoms with van der Waals surface area (Å²) in [5.74, 6) is 0. The third kappa shape index (κ3) is 3.38. The van der Waals surface area contributed by atoms with Gasteiger partial charge in [0.15, 0.2) is 0 Å². The molecule has 1 heterocycles. The Morgan fingerprint density at radius 3 is 2.47 bits per heavy atom. The molecule has 0 atom stereocenters. The first-order valence-electron chi connectivity index (χ1n) is 4.77. The number of hydrogen-bond donors (Lipinski definition) is 0. The van der Waals surface area contributed by atoms with Crippen molar-refractivity contribution < 1.29 is 4.42 Å². The maximum absolute atomic E-state index is 10.9. The van der Waals surface area contributed by atoms with Gasteiger partial charge in [-0.2, -0.15) is 0 Å². The van der Waals surface area contributed by atoms with E-state index in [9.17, 15) is 4.79 Å². The van der Waals surface area contributed by atoms with Crippen LogP contribution in [0.3, 0.4) is 0 Å². The summed E-state index contributed by atoms with van der Waals surface area (Å²) in [6.07, 6.45) is 0. The van der Waals surface area contributed by atoms with Crippen LogP contribution in [-0.2, 0) is 0 Å². The van der Waals surface area contributed by atoms with E-state index >= 15 is 0 Å².